The summed E-state index contributed by atoms with van der Waals surface area (Å²) in [5.41, 5.74) is 0.0655. The van der Waals surface area contributed by atoms with Gasteiger partial charge in [0.2, 0.25) is 5.91 Å². The number of rotatable bonds is 7. The summed E-state index contributed by atoms with van der Waals surface area (Å²) in [4.78, 5) is 55.0. The number of carboxylic acids is 1. The molecule has 0 bridgehead atoms. The number of nitrogens with one attached hydrogen (secondary N) is 1. The van der Waals surface area contributed by atoms with Crippen molar-refractivity contribution in [3.63, 3.8) is 0 Å². The van der Waals surface area contributed by atoms with Crippen molar-refractivity contribution in [2.24, 2.45) is 0 Å². The minimum absolute atomic E-state index is 0.0210. The van der Waals surface area contributed by atoms with E-state index in [-0.39, 0.29) is 48.3 Å². The Morgan fingerprint density at radius 2 is 1.81 bits per heavy atom. The minimum atomic E-state index is -1.35. The van der Waals surface area contributed by atoms with Crippen molar-refractivity contribution >= 4 is 52.7 Å². The van der Waals surface area contributed by atoms with Gasteiger partial charge in [-0.3, -0.25) is 19.3 Å². The molecule has 2 fully saturated rings. The zero-order valence-corrected chi connectivity index (χ0v) is 21.3. The van der Waals surface area contributed by atoms with Gasteiger partial charge in [-0.1, -0.05) is 35.3 Å². The van der Waals surface area contributed by atoms with Crippen LogP contribution in [0.4, 0.5) is 10.5 Å². The first-order valence-corrected chi connectivity index (χ1v) is 12.1. The first-order valence-electron chi connectivity index (χ1n) is 11.4. The van der Waals surface area contributed by atoms with E-state index in [0.29, 0.717) is 5.56 Å². The normalized spacial score (nSPS) is 21.5. The minimum Gasteiger partial charge on any atom is -0.481 e. The molecule has 2 heterocycles. The third-order valence-corrected chi connectivity index (χ3v) is 7.14. The molecule has 0 aliphatic carbocycles. The predicted octanol–water partition coefficient (Wildman–Crippen LogP) is 2.69. The van der Waals surface area contributed by atoms with Crippen molar-refractivity contribution in [2.75, 3.05) is 38.1 Å². The molecule has 0 radical (unpaired) electrons. The van der Waals surface area contributed by atoms with Gasteiger partial charge >= 0.3 is 12.0 Å². The lowest BCUT2D eigenvalue weighted by molar-refractivity contribution is -0.137. The van der Waals surface area contributed by atoms with E-state index < -0.39 is 35.3 Å². The van der Waals surface area contributed by atoms with Gasteiger partial charge in [-0.2, -0.15) is 5.26 Å². The highest BCUT2D eigenvalue weighted by Crippen LogP contribution is 2.46. The SMILES string of the molecule is CN1C(=O)N(c2cc(Cl)cc(Cl)c2)C(=O)C12CN(CC(=O)NCCC(=O)O)CC2c1ccc(C#N)cc1. The molecule has 4 amide bonds. The van der Waals surface area contributed by atoms with Gasteiger partial charge in [-0.25, -0.2) is 9.69 Å². The van der Waals surface area contributed by atoms with Crippen molar-refractivity contribution in [1.82, 2.24) is 15.1 Å². The number of carboxylic acid groups (broad SMARTS) is 1. The van der Waals surface area contributed by atoms with Gasteiger partial charge in [-0.15, -0.1) is 0 Å². The van der Waals surface area contributed by atoms with E-state index in [1.165, 1.54) is 23.1 Å². The quantitative estimate of drug-likeness (QED) is 0.512. The molecule has 2 N–H and O–H groups in total. The number of benzene rings is 2. The second-order valence-electron chi connectivity index (χ2n) is 8.98. The van der Waals surface area contributed by atoms with Crippen LogP contribution in [0.5, 0.6) is 0 Å². The number of hydrogen-bond acceptors (Lipinski definition) is 6. The first-order chi connectivity index (χ1) is 17.6. The Balaban J connectivity index is 1.70. The van der Waals surface area contributed by atoms with E-state index in [2.05, 4.69) is 11.4 Å². The summed E-state index contributed by atoms with van der Waals surface area (Å²) in [5, 5.41) is 21.1. The van der Waals surface area contributed by atoms with Crippen LogP contribution >= 0.6 is 23.2 Å². The highest BCUT2D eigenvalue weighted by Gasteiger charge is 2.64. The summed E-state index contributed by atoms with van der Waals surface area (Å²) >= 11 is 12.3. The number of aliphatic carboxylic acids is 1. The van der Waals surface area contributed by atoms with Gasteiger partial charge in [0, 0.05) is 42.6 Å². The van der Waals surface area contributed by atoms with E-state index in [4.69, 9.17) is 28.3 Å². The van der Waals surface area contributed by atoms with E-state index in [0.717, 1.165) is 10.5 Å². The Morgan fingerprint density at radius 3 is 2.41 bits per heavy atom. The van der Waals surface area contributed by atoms with Crippen LogP contribution in [0.15, 0.2) is 42.5 Å². The molecule has 37 heavy (non-hydrogen) atoms. The largest absolute Gasteiger partial charge is 0.481 e. The molecule has 192 valence electrons. The lowest BCUT2D eigenvalue weighted by atomic mass is 9.80. The molecule has 1 spiro atoms. The monoisotopic (exact) mass is 543 g/mol. The highest BCUT2D eigenvalue weighted by atomic mass is 35.5. The van der Waals surface area contributed by atoms with Crippen molar-refractivity contribution in [3.8, 4) is 6.07 Å². The third kappa shape index (κ3) is 4.98. The molecule has 0 saturated carbocycles. The van der Waals surface area contributed by atoms with Gasteiger partial charge < -0.3 is 15.3 Å². The molecule has 2 aliphatic rings. The molecule has 10 nitrogen and oxygen atoms in total. The number of likely N-dealkylation sites (N-methyl/N-ethyl adjacent to an activating group) is 1. The van der Waals surface area contributed by atoms with Crippen LogP contribution in [0.25, 0.3) is 0 Å². The maximum atomic E-state index is 14.1. The van der Waals surface area contributed by atoms with Gasteiger partial charge in [0.1, 0.15) is 5.54 Å². The van der Waals surface area contributed by atoms with Crippen LogP contribution in [0, 0.1) is 11.3 Å². The molecule has 2 aromatic carbocycles. The number of carbonyl (C=O) groups is 4. The molecule has 2 aliphatic heterocycles. The lowest BCUT2D eigenvalue weighted by Crippen LogP contribution is -2.54. The van der Waals surface area contributed by atoms with Crippen molar-refractivity contribution in [2.45, 2.75) is 17.9 Å². The molecule has 0 aromatic heterocycles. The van der Waals surface area contributed by atoms with Crippen LogP contribution in [0.2, 0.25) is 10.0 Å². The van der Waals surface area contributed by atoms with Crippen LogP contribution in [-0.4, -0.2) is 77.5 Å². The number of nitriles is 1. The summed E-state index contributed by atoms with van der Waals surface area (Å²) in [6.07, 6.45) is -0.212. The first kappa shape index (κ1) is 26.4. The van der Waals surface area contributed by atoms with Crippen LogP contribution in [0.1, 0.15) is 23.5 Å². The third-order valence-electron chi connectivity index (χ3n) is 6.71. The van der Waals surface area contributed by atoms with Crippen molar-refractivity contribution in [3.05, 3.63) is 63.6 Å². The fourth-order valence-corrected chi connectivity index (χ4v) is 5.50. The number of imide groups is 1. The summed E-state index contributed by atoms with van der Waals surface area (Å²) in [7, 11) is 1.54. The summed E-state index contributed by atoms with van der Waals surface area (Å²) < 4.78 is 0. The van der Waals surface area contributed by atoms with E-state index >= 15 is 0 Å². The summed E-state index contributed by atoms with van der Waals surface area (Å²) in [6, 6.07) is 12.7. The molecule has 4 rings (SSSR count). The maximum Gasteiger partial charge on any atom is 0.332 e. The topological polar surface area (TPSA) is 134 Å². The molecular weight excluding hydrogens is 521 g/mol. The number of halogens is 2. The summed E-state index contributed by atoms with van der Waals surface area (Å²) in [6.45, 7) is 0.223. The second-order valence-corrected chi connectivity index (χ2v) is 9.86. The lowest BCUT2D eigenvalue weighted by Gasteiger charge is -2.34. The van der Waals surface area contributed by atoms with Crippen LogP contribution in [0.3, 0.4) is 0 Å². The number of likely N-dealkylation sites (tertiary alicyclic amines) is 1. The number of urea groups is 1. The average molecular weight is 544 g/mol. The molecule has 12 heteroatoms. The Bertz CT molecular complexity index is 1290. The zero-order chi connectivity index (χ0) is 26.9. The molecular formula is C25H23Cl2N5O5. The molecule has 2 unspecified atom stereocenters. The zero-order valence-electron chi connectivity index (χ0n) is 19.8. The molecule has 2 saturated heterocycles. The number of hydrogen-bond donors (Lipinski definition) is 2. The van der Waals surface area contributed by atoms with Gasteiger partial charge in [0.15, 0.2) is 0 Å². The fraction of sp³-hybridized carbons (Fsp3) is 0.320. The Morgan fingerprint density at radius 1 is 1.16 bits per heavy atom. The standard InChI is InChI=1S/C25H23Cl2N5O5/c1-30-24(37)32(19-9-17(26)8-18(27)10-19)23(36)25(30)14-31(13-21(33)29-7-6-22(34)35)12-20(25)16-4-2-15(11-28)3-5-16/h2-5,8-10,20H,6-7,12-14H2,1H3,(H,29,33)(H,34,35). The predicted molar refractivity (Wildman–Crippen MR) is 135 cm³/mol. The Kier molecular flexibility index (Phi) is 7.41. The number of nitrogens with zero attached hydrogens (tertiary/aromatic N) is 4. The smallest absolute Gasteiger partial charge is 0.332 e. The number of anilines is 1. The molecule has 2 aromatic rings. The van der Waals surface area contributed by atoms with Crippen molar-refractivity contribution in [1.29, 1.82) is 5.26 Å². The maximum absolute atomic E-state index is 14.1. The van der Waals surface area contributed by atoms with Crippen molar-refractivity contribution < 1.29 is 24.3 Å². The highest BCUT2D eigenvalue weighted by molar-refractivity contribution is 6.35. The summed E-state index contributed by atoms with van der Waals surface area (Å²) in [5.74, 6) is -2.43. The molecule has 2 atom stereocenters. The Hall–Kier alpha value is -3.65. The number of amides is 4. The fourth-order valence-electron chi connectivity index (χ4n) is 4.98. The van der Waals surface area contributed by atoms with E-state index in [1.807, 2.05) is 0 Å². The van der Waals surface area contributed by atoms with Gasteiger partial charge in [0.25, 0.3) is 5.91 Å². The second kappa shape index (κ2) is 10.4. The van der Waals surface area contributed by atoms with E-state index in [9.17, 15) is 24.4 Å². The van der Waals surface area contributed by atoms with Gasteiger partial charge in [0.05, 0.1) is 30.3 Å². The average Bonchev–Trinajstić information content (AvgIpc) is 3.30. The van der Waals surface area contributed by atoms with Crippen LogP contribution in [-0.2, 0) is 14.4 Å². The van der Waals surface area contributed by atoms with Gasteiger partial charge in [-0.05, 0) is 35.9 Å². The van der Waals surface area contributed by atoms with E-state index in [1.54, 1.807) is 36.2 Å². The number of carbonyl (C=O) groups excluding carboxylic acids is 3. The Labute approximate surface area is 222 Å². The van der Waals surface area contributed by atoms with Crippen LogP contribution < -0.4 is 10.2 Å².